The van der Waals surface area contributed by atoms with Crippen LogP contribution in [-0.4, -0.2) is 28.0 Å². The largest absolute Gasteiger partial charge is 0.480 e. The van der Waals surface area contributed by atoms with Crippen LogP contribution >= 0.6 is 0 Å². The minimum absolute atomic E-state index is 0.209. The first kappa shape index (κ1) is 20.4. The highest BCUT2D eigenvalue weighted by atomic mass is 16.4. The van der Waals surface area contributed by atoms with Gasteiger partial charge in [0.1, 0.15) is 6.04 Å². The zero-order chi connectivity index (χ0) is 21.6. The normalized spacial score (nSPS) is 11.9. The van der Waals surface area contributed by atoms with Crippen molar-refractivity contribution in [1.29, 1.82) is 0 Å². The lowest BCUT2D eigenvalue weighted by molar-refractivity contribution is -0.141. The molecule has 1 atom stereocenters. The van der Waals surface area contributed by atoms with Gasteiger partial charge < -0.3 is 15.4 Å². The number of aromatic nitrogens is 1. The van der Waals surface area contributed by atoms with Gasteiger partial charge in [-0.1, -0.05) is 78.9 Å². The molecule has 5 nitrogen and oxygen atoms in total. The fourth-order valence-electron chi connectivity index (χ4n) is 3.87. The van der Waals surface area contributed by atoms with E-state index in [1.54, 1.807) is 0 Å². The molecule has 1 unspecified atom stereocenters. The Morgan fingerprint density at radius 1 is 0.871 bits per heavy atom. The Kier molecular flexibility index (Phi) is 6.13. The molecule has 156 valence electrons. The SMILES string of the molecule is O=C(CCc1c(-c2ccccc2)[nH]c2ccccc12)NC(Cc1ccccc1)C(=O)O. The van der Waals surface area contributed by atoms with Crippen LogP contribution in [0.2, 0.25) is 0 Å². The van der Waals surface area contributed by atoms with Crippen LogP contribution in [0.3, 0.4) is 0 Å². The summed E-state index contributed by atoms with van der Waals surface area (Å²) < 4.78 is 0. The number of H-pyrrole nitrogens is 1. The number of hydrogen-bond acceptors (Lipinski definition) is 2. The molecular formula is C26H24N2O3. The van der Waals surface area contributed by atoms with E-state index in [1.807, 2.05) is 84.9 Å². The van der Waals surface area contributed by atoms with E-state index >= 15 is 0 Å². The molecule has 1 amide bonds. The molecule has 0 radical (unpaired) electrons. The number of aliphatic carboxylic acids is 1. The maximum atomic E-state index is 12.6. The van der Waals surface area contributed by atoms with Crippen LogP contribution in [0.5, 0.6) is 0 Å². The minimum Gasteiger partial charge on any atom is -0.480 e. The lowest BCUT2D eigenvalue weighted by Gasteiger charge is -2.15. The number of amides is 1. The number of rotatable bonds is 8. The molecule has 5 heteroatoms. The highest BCUT2D eigenvalue weighted by Crippen LogP contribution is 2.31. The van der Waals surface area contributed by atoms with Crippen LogP contribution in [0, 0.1) is 0 Å². The summed E-state index contributed by atoms with van der Waals surface area (Å²) >= 11 is 0. The predicted octanol–water partition coefficient (Wildman–Crippen LogP) is 4.58. The van der Waals surface area contributed by atoms with Crippen molar-refractivity contribution < 1.29 is 14.7 Å². The molecule has 0 fully saturated rings. The first-order chi connectivity index (χ1) is 15.1. The molecule has 0 bridgehead atoms. The molecule has 0 saturated carbocycles. The quantitative estimate of drug-likeness (QED) is 0.396. The summed E-state index contributed by atoms with van der Waals surface area (Å²) in [6.07, 6.45) is 0.974. The smallest absolute Gasteiger partial charge is 0.326 e. The molecule has 3 aromatic carbocycles. The molecule has 0 aliphatic carbocycles. The number of nitrogens with one attached hydrogen (secondary N) is 2. The number of carboxylic acids is 1. The van der Waals surface area contributed by atoms with Gasteiger partial charge >= 0.3 is 5.97 Å². The first-order valence-electron chi connectivity index (χ1n) is 10.3. The fraction of sp³-hybridized carbons (Fsp3) is 0.154. The van der Waals surface area contributed by atoms with Crippen molar-refractivity contribution in [2.75, 3.05) is 0 Å². The second-order valence-electron chi connectivity index (χ2n) is 7.54. The van der Waals surface area contributed by atoms with Crippen LogP contribution in [0.25, 0.3) is 22.2 Å². The van der Waals surface area contributed by atoms with E-state index < -0.39 is 12.0 Å². The Bertz CT molecular complexity index is 1180. The van der Waals surface area contributed by atoms with Crippen molar-refractivity contribution in [2.45, 2.75) is 25.3 Å². The molecule has 31 heavy (non-hydrogen) atoms. The molecular weight excluding hydrogens is 388 g/mol. The van der Waals surface area contributed by atoms with Crippen molar-refractivity contribution in [1.82, 2.24) is 10.3 Å². The van der Waals surface area contributed by atoms with Gasteiger partial charge in [-0.15, -0.1) is 0 Å². The van der Waals surface area contributed by atoms with Crippen LogP contribution in [0.4, 0.5) is 0 Å². The van der Waals surface area contributed by atoms with Gasteiger partial charge in [0, 0.05) is 29.4 Å². The molecule has 0 saturated heterocycles. The molecule has 0 aliphatic rings. The topological polar surface area (TPSA) is 82.2 Å². The lowest BCUT2D eigenvalue weighted by atomic mass is 10.0. The minimum atomic E-state index is -1.03. The Labute approximate surface area is 180 Å². The highest BCUT2D eigenvalue weighted by Gasteiger charge is 2.21. The van der Waals surface area contributed by atoms with E-state index in [1.165, 1.54) is 0 Å². The van der Waals surface area contributed by atoms with Crippen molar-refractivity contribution in [2.24, 2.45) is 0 Å². The fourth-order valence-corrected chi connectivity index (χ4v) is 3.87. The van der Waals surface area contributed by atoms with E-state index in [2.05, 4.69) is 10.3 Å². The van der Waals surface area contributed by atoms with Gasteiger partial charge in [0.15, 0.2) is 0 Å². The zero-order valence-electron chi connectivity index (χ0n) is 17.0. The van der Waals surface area contributed by atoms with E-state index in [9.17, 15) is 14.7 Å². The number of fused-ring (bicyclic) bond motifs is 1. The second kappa shape index (κ2) is 9.30. The monoisotopic (exact) mass is 412 g/mol. The lowest BCUT2D eigenvalue weighted by Crippen LogP contribution is -2.42. The predicted molar refractivity (Wildman–Crippen MR) is 122 cm³/mol. The van der Waals surface area contributed by atoms with Crippen molar-refractivity contribution in [3.8, 4) is 11.3 Å². The molecule has 0 aliphatic heterocycles. The van der Waals surface area contributed by atoms with Gasteiger partial charge in [-0.05, 0) is 29.2 Å². The summed E-state index contributed by atoms with van der Waals surface area (Å²) in [6, 6.07) is 26.4. The molecule has 4 rings (SSSR count). The van der Waals surface area contributed by atoms with Crippen molar-refractivity contribution in [3.05, 3.63) is 96.1 Å². The average Bonchev–Trinajstić information content (AvgIpc) is 3.17. The van der Waals surface area contributed by atoms with E-state index in [0.717, 1.165) is 33.3 Å². The van der Waals surface area contributed by atoms with Gasteiger partial charge in [0.2, 0.25) is 5.91 Å². The number of hydrogen-bond donors (Lipinski definition) is 3. The van der Waals surface area contributed by atoms with Gasteiger partial charge in [0.25, 0.3) is 0 Å². The molecule has 1 heterocycles. The zero-order valence-corrected chi connectivity index (χ0v) is 17.0. The van der Waals surface area contributed by atoms with Crippen molar-refractivity contribution >= 4 is 22.8 Å². The highest BCUT2D eigenvalue weighted by molar-refractivity contribution is 5.91. The Morgan fingerprint density at radius 3 is 2.23 bits per heavy atom. The van der Waals surface area contributed by atoms with E-state index in [0.29, 0.717) is 6.42 Å². The number of benzene rings is 3. The number of para-hydroxylation sites is 1. The Balaban J connectivity index is 1.50. The van der Waals surface area contributed by atoms with E-state index in [4.69, 9.17) is 0 Å². The molecule has 0 spiro atoms. The number of aryl methyl sites for hydroxylation is 1. The number of aromatic amines is 1. The number of carbonyl (C=O) groups excluding carboxylic acids is 1. The maximum absolute atomic E-state index is 12.6. The third-order valence-corrected chi connectivity index (χ3v) is 5.39. The van der Waals surface area contributed by atoms with Gasteiger partial charge in [-0.2, -0.15) is 0 Å². The summed E-state index contributed by atoms with van der Waals surface area (Å²) in [5.41, 5.74) is 5.00. The second-order valence-corrected chi connectivity index (χ2v) is 7.54. The summed E-state index contributed by atoms with van der Waals surface area (Å²) in [4.78, 5) is 27.8. The third-order valence-electron chi connectivity index (χ3n) is 5.39. The average molecular weight is 412 g/mol. The maximum Gasteiger partial charge on any atom is 0.326 e. The summed E-state index contributed by atoms with van der Waals surface area (Å²) in [6.45, 7) is 0. The van der Waals surface area contributed by atoms with Crippen LogP contribution in [0.1, 0.15) is 17.5 Å². The molecule has 3 N–H and O–H groups in total. The van der Waals surface area contributed by atoms with Crippen LogP contribution in [-0.2, 0) is 22.4 Å². The van der Waals surface area contributed by atoms with Gasteiger partial charge in [-0.3, -0.25) is 4.79 Å². The first-order valence-corrected chi connectivity index (χ1v) is 10.3. The number of carbonyl (C=O) groups is 2. The third kappa shape index (κ3) is 4.83. The standard InChI is InChI=1S/C26H24N2O3/c29-24(27-23(26(30)31)17-18-9-3-1-4-10-18)16-15-21-20-13-7-8-14-22(20)28-25(21)19-11-5-2-6-12-19/h1-14,23,28H,15-17H2,(H,27,29)(H,30,31). The van der Waals surface area contributed by atoms with Gasteiger partial charge in [0.05, 0.1) is 0 Å². The van der Waals surface area contributed by atoms with E-state index in [-0.39, 0.29) is 18.7 Å². The summed E-state index contributed by atoms with van der Waals surface area (Å²) in [5.74, 6) is -1.30. The van der Waals surface area contributed by atoms with Gasteiger partial charge in [-0.25, -0.2) is 4.79 Å². The number of carboxylic acid groups (broad SMARTS) is 1. The Morgan fingerprint density at radius 2 is 1.52 bits per heavy atom. The Hall–Kier alpha value is -3.86. The van der Waals surface area contributed by atoms with Crippen LogP contribution < -0.4 is 5.32 Å². The van der Waals surface area contributed by atoms with Crippen LogP contribution in [0.15, 0.2) is 84.9 Å². The molecule has 1 aromatic heterocycles. The molecule has 4 aromatic rings. The van der Waals surface area contributed by atoms with Crippen molar-refractivity contribution in [3.63, 3.8) is 0 Å². The summed E-state index contributed by atoms with van der Waals surface area (Å²) in [7, 11) is 0. The summed E-state index contributed by atoms with van der Waals surface area (Å²) in [5, 5.41) is 13.3.